The Morgan fingerprint density at radius 1 is 1.45 bits per heavy atom. The maximum Gasteiger partial charge on any atom is 0.265 e. The van der Waals surface area contributed by atoms with Crippen molar-refractivity contribution in [3.05, 3.63) is 40.1 Å². The van der Waals surface area contributed by atoms with E-state index in [1.54, 1.807) is 6.07 Å². The molecule has 0 aliphatic rings. The van der Waals surface area contributed by atoms with Gasteiger partial charge in [-0.1, -0.05) is 11.8 Å². The zero-order valence-corrected chi connectivity index (χ0v) is 11.7. The van der Waals surface area contributed by atoms with Crippen LogP contribution in [0.15, 0.2) is 24.8 Å². The lowest BCUT2D eigenvalue weighted by atomic mass is 10.2. The minimum absolute atomic E-state index is 0.0404. The molecule has 0 saturated carbocycles. The molecule has 6 heteroatoms. The average molecular weight is 287 g/mol. The Morgan fingerprint density at radius 2 is 2.20 bits per heavy atom. The van der Waals surface area contributed by atoms with Crippen LogP contribution in [-0.4, -0.2) is 27.6 Å². The van der Waals surface area contributed by atoms with Crippen LogP contribution in [0.4, 0.5) is 5.69 Å². The van der Waals surface area contributed by atoms with Gasteiger partial charge in [-0.05, 0) is 18.6 Å². The number of carbonyl (C=O) groups excluding carboxylic acids is 1. The van der Waals surface area contributed by atoms with Crippen molar-refractivity contribution in [1.82, 2.24) is 9.97 Å². The van der Waals surface area contributed by atoms with Crippen molar-refractivity contribution in [3.63, 3.8) is 0 Å². The first kappa shape index (κ1) is 14.2. The van der Waals surface area contributed by atoms with E-state index in [2.05, 4.69) is 27.1 Å². The number of thiophene rings is 1. The first-order chi connectivity index (χ1) is 9.70. The number of hydrogen-bond donors (Lipinski definition) is 2. The first-order valence-corrected chi connectivity index (χ1v) is 6.79. The molecular formula is C14H13N3O2S. The van der Waals surface area contributed by atoms with Gasteiger partial charge in [0.15, 0.2) is 0 Å². The van der Waals surface area contributed by atoms with Crippen LogP contribution in [0, 0.1) is 18.8 Å². The fraction of sp³-hybridized carbons (Fsp3) is 0.214. The van der Waals surface area contributed by atoms with Gasteiger partial charge in [0.05, 0.1) is 34.4 Å². The average Bonchev–Trinajstić information content (AvgIpc) is 2.82. The largest absolute Gasteiger partial charge is 0.395 e. The molecule has 2 rings (SSSR count). The predicted octanol–water partition coefficient (Wildman–Crippen LogP) is 1.83. The monoisotopic (exact) mass is 287 g/mol. The number of aromatic nitrogens is 2. The Kier molecular flexibility index (Phi) is 4.82. The van der Waals surface area contributed by atoms with Crippen LogP contribution in [0.5, 0.6) is 0 Å². The summed E-state index contributed by atoms with van der Waals surface area (Å²) in [6.45, 7) is 1.95. The minimum Gasteiger partial charge on any atom is -0.395 e. The predicted molar refractivity (Wildman–Crippen MR) is 77.6 cm³/mol. The Morgan fingerprint density at radius 3 is 2.90 bits per heavy atom. The quantitative estimate of drug-likeness (QED) is 0.845. The molecule has 2 N–H and O–H groups in total. The van der Waals surface area contributed by atoms with Crippen LogP contribution in [-0.2, 0) is 0 Å². The Labute approximate surface area is 120 Å². The summed E-state index contributed by atoms with van der Waals surface area (Å²) in [6.07, 6.45) is 4.90. The second-order valence-corrected chi connectivity index (χ2v) is 5.03. The van der Waals surface area contributed by atoms with Gasteiger partial charge in [0.25, 0.3) is 5.91 Å². The van der Waals surface area contributed by atoms with Gasteiger partial charge in [0.2, 0.25) is 0 Å². The molecule has 5 nitrogen and oxygen atoms in total. The smallest absolute Gasteiger partial charge is 0.265 e. The fourth-order valence-electron chi connectivity index (χ4n) is 1.47. The lowest BCUT2D eigenvalue weighted by molar-refractivity contribution is 0.103. The van der Waals surface area contributed by atoms with Gasteiger partial charge < -0.3 is 10.4 Å². The van der Waals surface area contributed by atoms with Gasteiger partial charge in [0.1, 0.15) is 6.33 Å². The molecule has 20 heavy (non-hydrogen) atoms. The number of anilines is 1. The molecule has 0 aliphatic heterocycles. The number of nitrogens with one attached hydrogen (secondary N) is 1. The second-order valence-electron chi connectivity index (χ2n) is 3.98. The van der Waals surface area contributed by atoms with E-state index in [9.17, 15) is 4.79 Å². The van der Waals surface area contributed by atoms with Crippen molar-refractivity contribution in [3.8, 4) is 11.8 Å². The van der Waals surface area contributed by atoms with Gasteiger partial charge in [0, 0.05) is 6.42 Å². The summed E-state index contributed by atoms with van der Waals surface area (Å²) in [6, 6.07) is 1.80. The topological polar surface area (TPSA) is 75.1 Å². The molecule has 0 fully saturated rings. The molecule has 0 radical (unpaired) electrons. The normalized spacial score (nSPS) is 9.70. The van der Waals surface area contributed by atoms with Gasteiger partial charge in [-0.25, -0.2) is 9.97 Å². The number of carbonyl (C=O) groups is 1. The summed E-state index contributed by atoms with van der Waals surface area (Å²) >= 11 is 1.33. The summed E-state index contributed by atoms with van der Waals surface area (Å²) < 4.78 is 0. The van der Waals surface area contributed by atoms with E-state index in [1.807, 2.05) is 6.92 Å². The maximum absolute atomic E-state index is 12.1. The van der Waals surface area contributed by atoms with Crippen LogP contribution < -0.4 is 5.32 Å². The summed E-state index contributed by atoms with van der Waals surface area (Å²) in [5.41, 5.74) is 1.51. The van der Waals surface area contributed by atoms with Crippen LogP contribution >= 0.6 is 11.3 Å². The highest BCUT2D eigenvalue weighted by atomic mass is 32.1. The molecule has 2 aromatic heterocycles. The van der Waals surface area contributed by atoms with Crippen LogP contribution in [0.3, 0.4) is 0 Å². The highest BCUT2D eigenvalue weighted by Crippen LogP contribution is 2.22. The molecule has 102 valence electrons. The zero-order valence-electron chi connectivity index (χ0n) is 10.9. The van der Waals surface area contributed by atoms with Crippen molar-refractivity contribution in [2.45, 2.75) is 13.3 Å². The molecule has 2 heterocycles. The number of aliphatic hydroxyl groups excluding tert-OH is 1. The molecule has 0 bridgehead atoms. The summed E-state index contributed by atoms with van der Waals surface area (Å²) in [5.74, 6) is 5.60. The lowest BCUT2D eigenvalue weighted by Crippen LogP contribution is -2.10. The number of rotatable bonds is 3. The molecule has 0 aromatic carbocycles. The van der Waals surface area contributed by atoms with E-state index in [4.69, 9.17) is 5.11 Å². The zero-order chi connectivity index (χ0) is 14.4. The third-order valence-electron chi connectivity index (χ3n) is 2.40. The molecule has 1 amide bonds. The number of aryl methyl sites for hydroxylation is 1. The highest BCUT2D eigenvalue weighted by Gasteiger charge is 2.11. The van der Waals surface area contributed by atoms with Crippen LogP contribution in [0.1, 0.15) is 26.5 Å². The third-order valence-corrected chi connectivity index (χ3v) is 3.55. The van der Waals surface area contributed by atoms with E-state index in [0.717, 1.165) is 10.4 Å². The van der Waals surface area contributed by atoms with Gasteiger partial charge in [-0.15, -0.1) is 11.3 Å². The number of aliphatic hydroxyl groups is 1. The van der Waals surface area contributed by atoms with Crippen LogP contribution in [0.25, 0.3) is 0 Å². The van der Waals surface area contributed by atoms with E-state index in [0.29, 0.717) is 17.0 Å². The minimum atomic E-state index is -0.205. The molecule has 0 aliphatic carbocycles. The van der Waals surface area contributed by atoms with Gasteiger partial charge >= 0.3 is 0 Å². The Bertz CT molecular complexity index is 656. The molecule has 0 spiro atoms. The number of nitrogens with zero attached hydrogens (tertiary/aromatic N) is 2. The molecule has 2 aromatic rings. The van der Waals surface area contributed by atoms with Gasteiger partial charge in [-0.3, -0.25) is 4.79 Å². The van der Waals surface area contributed by atoms with Crippen molar-refractivity contribution in [2.24, 2.45) is 0 Å². The van der Waals surface area contributed by atoms with Crippen molar-refractivity contribution in [1.29, 1.82) is 0 Å². The lowest BCUT2D eigenvalue weighted by Gasteiger charge is -2.00. The maximum atomic E-state index is 12.1. The first-order valence-electron chi connectivity index (χ1n) is 5.97. The Balaban J connectivity index is 2.12. The summed E-state index contributed by atoms with van der Waals surface area (Å²) in [5, 5.41) is 11.4. The second kappa shape index (κ2) is 6.80. The molecule has 0 unspecified atom stereocenters. The van der Waals surface area contributed by atoms with Crippen molar-refractivity contribution < 1.29 is 9.90 Å². The Hall–Kier alpha value is -2.23. The fourth-order valence-corrected chi connectivity index (χ4v) is 2.42. The van der Waals surface area contributed by atoms with Crippen LogP contribution in [0.2, 0.25) is 0 Å². The van der Waals surface area contributed by atoms with Gasteiger partial charge in [-0.2, -0.15) is 0 Å². The molecule has 0 atom stereocenters. The third kappa shape index (κ3) is 3.63. The van der Waals surface area contributed by atoms with E-state index in [-0.39, 0.29) is 12.5 Å². The summed E-state index contributed by atoms with van der Waals surface area (Å²) in [4.78, 5) is 21.2. The van der Waals surface area contributed by atoms with E-state index in [1.165, 1.54) is 30.1 Å². The molecule has 0 saturated heterocycles. The standard InChI is InChI=1S/C14H13N3O2S/c1-10-6-13(20-12(10)4-2-3-5-18)14(19)17-11-7-15-9-16-8-11/h6-9,18H,3,5H2,1H3,(H,17,19). The number of hydrogen-bond acceptors (Lipinski definition) is 5. The SMILES string of the molecule is Cc1cc(C(=O)Nc2cncnc2)sc1C#CCCO. The van der Waals surface area contributed by atoms with Crippen molar-refractivity contribution in [2.75, 3.05) is 11.9 Å². The van der Waals surface area contributed by atoms with E-state index >= 15 is 0 Å². The molecular weight excluding hydrogens is 274 g/mol. The van der Waals surface area contributed by atoms with E-state index < -0.39 is 0 Å². The number of amides is 1. The summed E-state index contributed by atoms with van der Waals surface area (Å²) in [7, 11) is 0. The highest BCUT2D eigenvalue weighted by molar-refractivity contribution is 7.14. The van der Waals surface area contributed by atoms with Crippen molar-refractivity contribution >= 4 is 22.9 Å².